The lowest BCUT2D eigenvalue weighted by atomic mass is 10.1. The summed E-state index contributed by atoms with van der Waals surface area (Å²) in [6.45, 7) is 5.63. The Morgan fingerprint density at radius 3 is 2.00 bits per heavy atom. The topological polar surface area (TPSA) is 17.1 Å². The maximum Gasteiger partial charge on any atom is 0.157 e. The molecule has 0 aliphatic carbocycles. The normalized spacial score (nSPS) is 9.78. The molecule has 0 saturated carbocycles. The van der Waals surface area contributed by atoms with Gasteiger partial charge >= 0.3 is 0 Å². The molecular weight excluding hydrogens is 112 g/mol. The van der Waals surface area contributed by atoms with Crippen LogP contribution < -0.4 is 0 Å². The number of hydrogen-bond donors (Lipinski definition) is 0. The van der Waals surface area contributed by atoms with Crippen LogP contribution in [0.5, 0.6) is 0 Å². The van der Waals surface area contributed by atoms with Gasteiger partial charge in [0.25, 0.3) is 0 Å². The van der Waals surface area contributed by atoms with Crippen LogP contribution in [0.1, 0.15) is 28.2 Å². The van der Waals surface area contributed by atoms with Crippen LogP contribution in [0, 0.1) is 5.92 Å². The largest absolute Gasteiger partial charge is 0.295 e. The second kappa shape index (κ2) is 5.54. The molecule has 0 radical (unpaired) electrons. The van der Waals surface area contributed by atoms with Crippen LogP contribution in [0.2, 0.25) is 0 Å². The van der Waals surface area contributed by atoms with Gasteiger partial charge in [-0.3, -0.25) is 4.79 Å². The Hall–Kier alpha value is -0.590. The van der Waals surface area contributed by atoms with E-state index in [-0.39, 0.29) is 19.1 Å². The summed E-state index contributed by atoms with van der Waals surface area (Å²) in [5, 5.41) is 0. The fraction of sp³-hybridized carbons (Fsp3) is 0.625. The first-order chi connectivity index (χ1) is 3.68. The number of carbonyl (C=O) groups is 1. The zero-order valence-corrected chi connectivity index (χ0v) is 5.64. The van der Waals surface area contributed by atoms with Crippen LogP contribution in [0.4, 0.5) is 0 Å². The van der Waals surface area contributed by atoms with Crippen LogP contribution >= 0.6 is 0 Å². The average Bonchev–Trinajstić information content (AvgIpc) is 1.67. The van der Waals surface area contributed by atoms with E-state index in [2.05, 4.69) is 0 Å². The summed E-state index contributed by atoms with van der Waals surface area (Å²) in [4.78, 5) is 10.7. The molecule has 0 heterocycles. The quantitative estimate of drug-likeness (QED) is 0.522. The van der Waals surface area contributed by atoms with E-state index in [9.17, 15) is 4.79 Å². The van der Waals surface area contributed by atoms with Crippen LogP contribution in [0.15, 0.2) is 12.2 Å². The fourth-order valence-electron chi connectivity index (χ4n) is 0.357. The molecule has 0 aromatic carbocycles. The van der Waals surface area contributed by atoms with Gasteiger partial charge in [0.2, 0.25) is 0 Å². The minimum Gasteiger partial charge on any atom is -0.295 e. The van der Waals surface area contributed by atoms with E-state index in [0.29, 0.717) is 0 Å². The van der Waals surface area contributed by atoms with Gasteiger partial charge in [-0.2, -0.15) is 0 Å². The fourth-order valence-corrected chi connectivity index (χ4v) is 0.357. The second-order valence-electron chi connectivity index (χ2n) is 2.06. The third-order valence-corrected chi connectivity index (χ3v) is 0.900. The van der Waals surface area contributed by atoms with Gasteiger partial charge in [0.05, 0.1) is 0 Å². The zero-order chi connectivity index (χ0) is 6.57. The Labute approximate surface area is 57.8 Å². The van der Waals surface area contributed by atoms with Crippen LogP contribution in [-0.4, -0.2) is 5.78 Å². The lowest BCUT2D eigenvalue weighted by Crippen LogP contribution is -2.01. The van der Waals surface area contributed by atoms with Crippen molar-refractivity contribution in [1.82, 2.24) is 0 Å². The van der Waals surface area contributed by atoms with Gasteiger partial charge < -0.3 is 0 Å². The number of ketones is 1. The Balaban J connectivity index is 0. The number of carbonyl (C=O) groups excluding carboxylic acids is 1. The van der Waals surface area contributed by atoms with Crippen LogP contribution in [0.3, 0.4) is 0 Å². The third kappa shape index (κ3) is 5.28. The molecule has 0 fully saturated rings. The van der Waals surface area contributed by atoms with Crippen LogP contribution in [0.25, 0.3) is 0 Å². The van der Waals surface area contributed by atoms with Crippen molar-refractivity contribution in [3.63, 3.8) is 0 Å². The SMILES string of the molecule is C.C/C=C\C(=O)C(C)C. The molecule has 0 aliphatic heterocycles. The predicted molar refractivity (Wildman–Crippen MR) is 41.4 cm³/mol. The third-order valence-electron chi connectivity index (χ3n) is 0.900. The van der Waals surface area contributed by atoms with Gasteiger partial charge in [-0.25, -0.2) is 0 Å². The number of rotatable bonds is 2. The highest BCUT2D eigenvalue weighted by atomic mass is 16.1. The monoisotopic (exact) mass is 128 g/mol. The molecule has 1 heteroatoms. The Kier molecular flexibility index (Phi) is 6.92. The zero-order valence-electron chi connectivity index (χ0n) is 5.64. The Bertz CT molecular complexity index is 101. The molecule has 9 heavy (non-hydrogen) atoms. The van der Waals surface area contributed by atoms with E-state index in [1.165, 1.54) is 0 Å². The van der Waals surface area contributed by atoms with Crippen molar-refractivity contribution >= 4 is 5.78 Å². The molecule has 0 atom stereocenters. The summed E-state index contributed by atoms with van der Waals surface area (Å²) in [7, 11) is 0. The van der Waals surface area contributed by atoms with Crippen molar-refractivity contribution in [2.45, 2.75) is 28.2 Å². The minimum absolute atomic E-state index is 0. The highest BCUT2D eigenvalue weighted by Crippen LogP contribution is 1.93. The average molecular weight is 128 g/mol. The summed E-state index contributed by atoms with van der Waals surface area (Å²) >= 11 is 0. The van der Waals surface area contributed by atoms with Gasteiger partial charge in [-0.15, -0.1) is 0 Å². The van der Waals surface area contributed by atoms with E-state index in [4.69, 9.17) is 0 Å². The molecular formula is C8H16O. The standard InChI is InChI=1S/C7H12O.CH4/c1-4-5-7(8)6(2)3;/h4-6H,1-3H3;1H4/b5-4-;. The first kappa shape index (κ1) is 11.2. The summed E-state index contributed by atoms with van der Waals surface area (Å²) in [6.07, 6.45) is 3.37. The molecule has 0 bridgehead atoms. The molecule has 0 saturated heterocycles. The molecule has 0 N–H and O–H groups in total. The van der Waals surface area contributed by atoms with Crippen molar-refractivity contribution in [3.05, 3.63) is 12.2 Å². The summed E-state index contributed by atoms with van der Waals surface area (Å²) < 4.78 is 0. The molecule has 1 nitrogen and oxygen atoms in total. The highest BCUT2D eigenvalue weighted by Gasteiger charge is 1.99. The van der Waals surface area contributed by atoms with Crippen molar-refractivity contribution < 1.29 is 4.79 Å². The molecule has 0 aliphatic rings. The Morgan fingerprint density at radius 1 is 1.44 bits per heavy atom. The molecule has 0 aromatic heterocycles. The second-order valence-corrected chi connectivity index (χ2v) is 2.06. The van der Waals surface area contributed by atoms with Gasteiger partial charge in [-0.05, 0) is 13.0 Å². The number of hydrogen-bond acceptors (Lipinski definition) is 1. The number of allylic oxidation sites excluding steroid dienone is 2. The maximum atomic E-state index is 10.7. The van der Waals surface area contributed by atoms with Gasteiger partial charge in [0, 0.05) is 5.92 Å². The minimum atomic E-state index is 0. The molecule has 0 amide bonds. The molecule has 0 aromatic rings. The van der Waals surface area contributed by atoms with Gasteiger partial charge in [0.1, 0.15) is 0 Å². The van der Waals surface area contributed by atoms with Crippen molar-refractivity contribution in [1.29, 1.82) is 0 Å². The van der Waals surface area contributed by atoms with E-state index in [1.54, 1.807) is 12.2 Å². The lowest BCUT2D eigenvalue weighted by Gasteiger charge is -1.93. The first-order valence-corrected chi connectivity index (χ1v) is 2.85. The van der Waals surface area contributed by atoms with E-state index < -0.39 is 0 Å². The van der Waals surface area contributed by atoms with Gasteiger partial charge in [-0.1, -0.05) is 27.4 Å². The van der Waals surface area contributed by atoms with E-state index in [1.807, 2.05) is 20.8 Å². The predicted octanol–water partition coefficient (Wildman–Crippen LogP) is 2.42. The maximum absolute atomic E-state index is 10.7. The first-order valence-electron chi connectivity index (χ1n) is 2.85. The summed E-state index contributed by atoms with van der Waals surface area (Å²) in [5.74, 6) is 0.346. The Morgan fingerprint density at radius 2 is 1.89 bits per heavy atom. The van der Waals surface area contributed by atoms with E-state index >= 15 is 0 Å². The molecule has 0 rings (SSSR count). The van der Waals surface area contributed by atoms with Crippen molar-refractivity contribution in [2.24, 2.45) is 5.92 Å². The van der Waals surface area contributed by atoms with Gasteiger partial charge in [0.15, 0.2) is 5.78 Å². The van der Waals surface area contributed by atoms with E-state index in [0.717, 1.165) is 0 Å². The summed E-state index contributed by atoms with van der Waals surface area (Å²) in [5.41, 5.74) is 0. The highest BCUT2D eigenvalue weighted by molar-refractivity contribution is 5.90. The molecule has 0 unspecified atom stereocenters. The molecule has 0 spiro atoms. The summed E-state index contributed by atoms with van der Waals surface area (Å²) in [6, 6.07) is 0. The smallest absolute Gasteiger partial charge is 0.157 e. The molecule has 54 valence electrons. The van der Waals surface area contributed by atoms with Crippen molar-refractivity contribution in [2.75, 3.05) is 0 Å². The van der Waals surface area contributed by atoms with Crippen LogP contribution in [-0.2, 0) is 4.79 Å². The lowest BCUT2D eigenvalue weighted by molar-refractivity contribution is -0.117. The van der Waals surface area contributed by atoms with Crippen molar-refractivity contribution in [3.8, 4) is 0 Å².